The molecule has 1 saturated heterocycles. The Kier molecular flexibility index (Phi) is 4.43. The van der Waals surface area contributed by atoms with Crippen molar-refractivity contribution in [2.75, 3.05) is 18.8 Å². The molecular weight excluding hydrogens is 406 g/mol. The van der Waals surface area contributed by atoms with Gasteiger partial charge in [-0.1, -0.05) is 18.2 Å². The number of H-pyrrole nitrogens is 1. The van der Waals surface area contributed by atoms with Gasteiger partial charge in [-0.25, -0.2) is 4.98 Å². The fourth-order valence-electron chi connectivity index (χ4n) is 4.26. The fourth-order valence-corrected chi connectivity index (χ4v) is 4.26. The number of hydrogen-bond acceptors (Lipinski definition) is 8. The molecule has 0 atom stereocenters. The number of tetrazole rings is 1. The minimum absolute atomic E-state index is 0.357. The van der Waals surface area contributed by atoms with E-state index in [2.05, 4.69) is 46.9 Å². The second-order valence-electron chi connectivity index (χ2n) is 7.92. The lowest BCUT2D eigenvalue weighted by Gasteiger charge is -2.22. The average Bonchev–Trinajstić information content (AvgIpc) is 3.61. The van der Waals surface area contributed by atoms with Crippen molar-refractivity contribution in [3.63, 3.8) is 0 Å². The molecule has 0 saturated carbocycles. The standard InChI is InChI=1S/C22H21N9O/c23-21-20-17(9-19(32-20)13-2-1-3-14(8-13)22-27-29-30-28-22)18(11-25-21)15-10-26-31(12-15)16-4-6-24-7-5-16/h1-3,8-12,16,24H,4-7H2,(H2,23,25)(H,27,28,29,30). The summed E-state index contributed by atoms with van der Waals surface area (Å²) in [5.41, 5.74) is 10.4. The van der Waals surface area contributed by atoms with E-state index >= 15 is 0 Å². The summed E-state index contributed by atoms with van der Waals surface area (Å²) >= 11 is 0. The maximum atomic E-state index is 6.16. The number of rotatable bonds is 4. The van der Waals surface area contributed by atoms with Crippen molar-refractivity contribution in [1.29, 1.82) is 0 Å². The number of aromatic amines is 1. The Morgan fingerprint density at radius 1 is 1.06 bits per heavy atom. The first-order valence-electron chi connectivity index (χ1n) is 10.5. The zero-order valence-electron chi connectivity index (χ0n) is 17.2. The van der Waals surface area contributed by atoms with Gasteiger partial charge >= 0.3 is 0 Å². The van der Waals surface area contributed by atoms with Crippen molar-refractivity contribution in [3.05, 3.63) is 48.9 Å². The second kappa shape index (κ2) is 7.57. The second-order valence-corrected chi connectivity index (χ2v) is 7.92. The molecular formula is C22H21N9O. The van der Waals surface area contributed by atoms with E-state index in [9.17, 15) is 0 Å². The van der Waals surface area contributed by atoms with Crippen LogP contribution in [0.15, 0.2) is 53.3 Å². The van der Waals surface area contributed by atoms with Crippen molar-refractivity contribution < 1.29 is 4.42 Å². The lowest BCUT2D eigenvalue weighted by Crippen LogP contribution is -2.29. The summed E-state index contributed by atoms with van der Waals surface area (Å²) in [6.45, 7) is 2.03. The molecule has 0 bridgehead atoms. The summed E-state index contributed by atoms with van der Waals surface area (Å²) in [5, 5.41) is 23.1. The molecule has 1 aliphatic rings. The van der Waals surface area contributed by atoms with E-state index in [1.165, 1.54) is 0 Å². The van der Waals surface area contributed by atoms with Gasteiger partial charge in [0.15, 0.2) is 11.4 Å². The Labute approximate surface area is 182 Å². The van der Waals surface area contributed by atoms with Gasteiger partial charge in [0, 0.05) is 40.0 Å². The molecule has 10 heteroatoms. The van der Waals surface area contributed by atoms with Gasteiger partial charge < -0.3 is 15.5 Å². The van der Waals surface area contributed by atoms with Crippen LogP contribution >= 0.6 is 0 Å². The maximum Gasteiger partial charge on any atom is 0.204 e. The molecule has 0 amide bonds. The normalized spacial score (nSPS) is 14.9. The minimum atomic E-state index is 0.357. The number of hydrogen-bond donors (Lipinski definition) is 3. The van der Waals surface area contributed by atoms with Crippen LogP contribution in [0.3, 0.4) is 0 Å². The van der Waals surface area contributed by atoms with Crippen molar-refractivity contribution in [2.45, 2.75) is 18.9 Å². The highest BCUT2D eigenvalue weighted by atomic mass is 16.3. The third-order valence-electron chi connectivity index (χ3n) is 5.93. The molecule has 10 nitrogen and oxygen atoms in total. The molecule has 0 aliphatic carbocycles. The van der Waals surface area contributed by atoms with E-state index in [-0.39, 0.29) is 0 Å². The van der Waals surface area contributed by atoms with Crippen LogP contribution in [0, 0.1) is 0 Å². The molecule has 0 radical (unpaired) electrons. The number of nitrogens with zero attached hydrogens (tertiary/aromatic N) is 6. The van der Waals surface area contributed by atoms with Crippen LogP contribution in [0.5, 0.6) is 0 Å². The van der Waals surface area contributed by atoms with Crippen molar-refractivity contribution >= 4 is 16.8 Å². The van der Waals surface area contributed by atoms with Crippen LogP contribution in [-0.4, -0.2) is 48.5 Å². The van der Waals surface area contributed by atoms with Crippen LogP contribution < -0.4 is 11.1 Å². The molecule has 5 heterocycles. The predicted molar refractivity (Wildman–Crippen MR) is 119 cm³/mol. The van der Waals surface area contributed by atoms with Crippen LogP contribution in [0.25, 0.3) is 44.8 Å². The third kappa shape index (κ3) is 3.21. The van der Waals surface area contributed by atoms with E-state index in [4.69, 9.17) is 10.2 Å². The van der Waals surface area contributed by atoms with E-state index in [1.807, 2.05) is 36.5 Å². The highest BCUT2D eigenvalue weighted by Gasteiger charge is 2.19. The van der Waals surface area contributed by atoms with Gasteiger partial charge in [-0.2, -0.15) is 10.3 Å². The van der Waals surface area contributed by atoms with Crippen LogP contribution in [0.2, 0.25) is 0 Å². The van der Waals surface area contributed by atoms with Gasteiger partial charge in [0.1, 0.15) is 5.76 Å². The van der Waals surface area contributed by atoms with E-state index in [0.29, 0.717) is 29.0 Å². The summed E-state index contributed by atoms with van der Waals surface area (Å²) in [6, 6.07) is 10.2. The van der Waals surface area contributed by atoms with E-state index in [1.54, 1.807) is 6.20 Å². The number of furan rings is 1. The monoisotopic (exact) mass is 427 g/mol. The highest BCUT2D eigenvalue weighted by Crippen LogP contribution is 2.37. The first-order chi connectivity index (χ1) is 15.8. The number of anilines is 1. The lowest BCUT2D eigenvalue weighted by atomic mass is 10.0. The lowest BCUT2D eigenvalue weighted by molar-refractivity contribution is 0.343. The van der Waals surface area contributed by atoms with Crippen molar-refractivity contribution in [3.8, 4) is 33.8 Å². The smallest absolute Gasteiger partial charge is 0.204 e. The first kappa shape index (κ1) is 18.7. The third-order valence-corrected chi connectivity index (χ3v) is 5.93. The van der Waals surface area contributed by atoms with Crippen LogP contribution in [0.1, 0.15) is 18.9 Å². The van der Waals surface area contributed by atoms with Gasteiger partial charge in [-0.05, 0) is 43.3 Å². The molecule has 1 aromatic carbocycles. The molecule has 4 N–H and O–H groups in total. The quantitative estimate of drug-likeness (QED) is 0.398. The summed E-state index contributed by atoms with van der Waals surface area (Å²) in [7, 11) is 0. The van der Waals surface area contributed by atoms with Crippen LogP contribution in [-0.2, 0) is 0 Å². The first-order valence-corrected chi connectivity index (χ1v) is 10.5. The Morgan fingerprint density at radius 3 is 2.78 bits per heavy atom. The topological polar surface area (TPSA) is 136 Å². The SMILES string of the molecule is Nc1ncc(-c2cnn(C3CCNCC3)c2)c2cc(-c3cccc(-c4nn[nH]n4)c3)oc12. The number of nitrogen functional groups attached to an aromatic ring is 1. The molecule has 160 valence electrons. The average molecular weight is 427 g/mol. The number of nitrogens with two attached hydrogens (primary N) is 1. The Morgan fingerprint density at radius 2 is 1.94 bits per heavy atom. The van der Waals surface area contributed by atoms with Crippen molar-refractivity contribution in [1.82, 2.24) is 40.7 Å². The molecule has 1 aliphatic heterocycles. The fraction of sp³-hybridized carbons (Fsp3) is 0.227. The molecule has 1 fully saturated rings. The largest absolute Gasteiger partial charge is 0.452 e. The van der Waals surface area contributed by atoms with Gasteiger partial charge in [-0.3, -0.25) is 4.68 Å². The number of pyridine rings is 1. The molecule has 4 aromatic heterocycles. The zero-order chi connectivity index (χ0) is 21.5. The summed E-state index contributed by atoms with van der Waals surface area (Å²) in [4.78, 5) is 4.38. The Balaban J connectivity index is 1.41. The van der Waals surface area contributed by atoms with Crippen molar-refractivity contribution in [2.24, 2.45) is 0 Å². The maximum absolute atomic E-state index is 6.16. The van der Waals surface area contributed by atoms with Gasteiger partial charge in [-0.15, -0.1) is 10.2 Å². The number of piperidine rings is 1. The zero-order valence-corrected chi connectivity index (χ0v) is 17.2. The van der Waals surface area contributed by atoms with Crippen LogP contribution in [0.4, 0.5) is 5.82 Å². The number of benzene rings is 1. The number of aromatic nitrogens is 7. The minimum Gasteiger partial charge on any atom is -0.452 e. The number of nitrogens with one attached hydrogen (secondary N) is 2. The van der Waals surface area contributed by atoms with Gasteiger partial charge in [0.05, 0.1) is 12.2 Å². The summed E-state index contributed by atoms with van der Waals surface area (Å²) in [6.07, 6.45) is 7.91. The summed E-state index contributed by atoms with van der Waals surface area (Å²) in [5.74, 6) is 1.57. The Bertz CT molecular complexity index is 1380. The van der Waals surface area contributed by atoms with E-state index < -0.39 is 0 Å². The molecule has 0 unspecified atom stereocenters. The van der Waals surface area contributed by atoms with Gasteiger partial charge in [0.2, 0.25) is 5.82 Å². The molecule has 5 aromatic rings. The van der Waals surface area contributed by atoms with Gasteiger partial charge in [0.25, 0.3) is 0 Å². The summed E-state index contributed by atoms with van der Waals surface area (Å²) < 4.78 is 8.22. The van der Waals surface area contributed by atoms with E-state index in [0.717, 1.165) is 53.6 Å². The highest BCUT2D eigenvalue weighted by molar-refractivity contribution is 6.00. The molecule has 6 rings (SSSR count). The molecule has 32 heavy (non-hydrogen) atoms. The number of fused-ring (bicyclic) bond motifs is 1. The Hall–Kier alpha value is -4.05. The molecule has 0 spiro atoms. The predicted octanol–water partition coefficient (Wildman–Crippen LogP) is 3.05.